The van der Waals surface area contributed by atoms with Gasteiger partial charge >= 0.3 is 264 Å². The molecule has 0 fully saturated rings. The second kappa shape index (κ2) is 11.9. The summed E-state index contributed by atoms with van der Waals surface area (Å²) < 4.78 is 1.32. The molecule has 0 amide bonds. The van der Waals surface area contributed by atoms with Crippen molar-refractivity contribution in [1.29, 1.82) is 0 Å². The van der Waals surface area contributed by atoms with Crippen LogP contribution in [0.5, 0.6) is 0 Å². The molecule has 4 aromatic rings. The number of hydrogen-bond donors (Lipinski definition) is 0. The molecule has 213 valence electrons. The van der Waals surface area contributed by atoms with Gasteiger partial charge in [0.2, 0.25) is 0 Å². The third-order valence-electron chi connectivity index (χ3n) is 9.64. The molecule has 0 nitrogen and oxygen atoms in total. The Balaban J connectivity index is 1.47. The Hall–Kier alpha value is -2.54. The molecule has 0 saturated heterocycles. The van der Waals surface area contributed by atoms with Gasteiger partial charge in [0.15, 0.2) is 0 Å². The first kappa shape index (κ1) is 29.5. The van der Waals surface area contributed by atoms with Gasteiger partial charge in [-0.2, -0.15) is 0 Å². The fourth-order valence-corrected chi connectivity index (χ4v) is 31.0. The second-order valence-corrected chi connectivity index (χ2v) is 33.5. The fraction of sp³-hybridized carbons (Fsp3) is 0.300. The molecule has 0 aromatic heterocycles. The van der Waals surface area contributed by atoms with Gasteiger partial charge < -0.3 is 0 Å². The van der Waals surface area contributed by atoms with Crippen LogP contribution in [0.2, 0.25) is 13.1 Å². The molecule has 2 aliphatic rings. The van der Waals surface area contributed by atoms with Crippen LogP contribution in [0.15, 0.2) is 96.1 Å². The van der Waals surface area contributed by atoms with Crippen molar-refractivity contribution in [1.82, 2.24) is 0 Å². The van der Waals surface area contributed by atoms with Gasteiger partial charge in [-0.3, -0.25) is 0 Å². The Kier molecular flexibility index (Phi) is 8.34. The third kappa shape index (κ3) is 5.03. The van der Waals surface area contributed by atoms with Crippen LogP contribution in [-0.2, 0) is 20.9 Å². The Labute approximate surface area is 262 Å². The molecule has 2 atom stereocenters. The number of hydrogen-bond acceptors (Lipinski definition) is 0. The Morgan fingerprint density at radius 1 is 0.524 bits per heavy atom. The van der Waals surface area contributed by atoms with Gasteiger partial charge in [-0.15, -0.1) is 0 Å². The molecule has 2 aliphatic carbocycles. The van der Waals surface area contributed by atoms with Crippen molar-refractivity contribution in [3.8, 4) is 22.3 Å². The van der Waals surface area contributed by atoms with Gasteiger partial charge in [-0.25, -0.2) is 0 Å². The van der Waals surface area contributed by atoms with Crippen molar-refractivity contribution >= 4 is 18.1 Å². The van der Waals surface area contributed by atoms with Crippen molar-refractivity contribution in [3.63, 3.8) is 0 Å². The first-order chi connectivity index (χ1) is 20.2. The summed E-state index contributed by atoms with van der Waals surface area (Å²) in [7, 11) is 0. The van der Waals surface area contributed by atoms with Crippen LogP contribution in [0.4, 0.5) is 0 Å². The normalized spacial score (nSPS) is 17.5. The Morgan fingerprint density at radius 3 is 1.29 bits per heavy atom. The Bertz CT molecular complexity index is 1580. The van der Waals surface area contributed by atoms with E-state index in [9.17, 15) is 0 Å². The van der Waals surface area contributed by atoms with Crippen molar-refractivity contribution in [2.24, 2.45) is 0 Å². The van der Waals surface area contributed by atoms with Gasteiger partial charge in [0.1, 0.15) is 0 Å². The van der Waals surface area contributed by atoms with Crippen molar-refractivity contribution < 1.29 is 20.9 Å². The molecule has 0 aliphatic heterocycles. The number of rotatable bonds is 7. The molecule has 0 spiro atoms. The van der Waals surface area contributed by atoms with E-state index in [0.717, 1.165) is 0 Å². The zero-order valence-electron chi connectivity index (χ0n) is 26.6. The molecular weight excluding hydrogens is 600 g/mol. The van der Waals surface area contributed by atoms with E-state index in [2.05, 4.69) is 152 Å². The molecule has 0 radical (unpaired) electrons. The second-order valence-electron chi connectivity index (χ2n) is 13.4. The van der Waals surface area contributed by atoms with Crippen molar-refractivity contribution in [2.45, 2.75) is 73.7 Å². The average Bonchev–Trinajstić information content (AvgIpc) is 3.48. The van der Waals surface area contributed by atoms with Crippen LogP contribution in [-0.4, -0.2) is 5.92 Å². The minimum absolute atomic E-state index is 0.506. The number of benzene rings is 4. The molecule has 0 bridgehead atoms. The van der Waals surface area contributed by atoms with E-state index in [1.165, 1.54) is 44.5 Å². The van der Waals surface area contributed by atoms with E-state index in [1.807, 2.05) is 0 Å². The summed E-state index contributed by atoms with van der Waals surface area (Å²) in [5.74, 6) is 0.109. The van der Waals surface area contributed by atoms with Gasteiger partial charge in [0.05, 0.1) is 0 Å². The standard InChI is InChI=1S/2C19H19.C2H7Si.Zr/c2*1-13(2)16-8-4-5-9-17(16)18-10-6-7-15-11-14(3)12-19(15)18;1-3-2;/h2*4-13H,1-3H3;3H,1-2H3;. The first-order valence-electron chi connectivity index (χ1n) is 15.9. The van der Waals surface area contributed by atoms with Crippen LogP contribution in [0.25, 0.3) is 34.4 Å². The summed E-state index contributed by atoms with van der Waals surface area (Å²) in [5.41, 5.74) is 18.1. The van der Waals surface area contributed by atoms with Gasteiger partial charge in [0, 0.05) is 0 Å². The van der Waals surface area contributed by atoms with E-state index in [-0.39, 0.29) is 0 Å². The SMILES string of the molecule is CC1=Cc2c(-c3ccccc3C(C)C)cccc2[CH]1[Zr]([CH]1C(C)=Cc2c(-c3ccccc3C(C)C)cccc21)[SiH](C)C. The molecule has 42 heavy (non-hydrogen) atoms. The molecule has 4 aromatic carbocycles. The van der Waals surface area contributed by atoms with Crippen LogP contribution in [0.1, 0.15) is 94.0 Å². The van der Waals surface area contributed by atoms with E-state index in [0.29, 0.717) is 19.1 Å². The monoisotopic (exact) mass is 643 g/mol. The summed E-state index contributed by atoms with van der Waals surface area (Å²) in [6.45, 7) is 19.5. The zero-order chi connectivity index (χ0) is 29.7. The van der Waals surface area contributed by atoms with E-state index in [4.69, 9.17) is 0 Å². The molecular formula is C40H45SiZr. The number of allylic oxidation sites excluding steroid dienone is 2. The summed E-state index contributed by atoms with van der Waals surface area (Å²) in [6.07, 6.45) is 5.15. The summed E-state index contributed by atoms with van der Waals surface area (Å²) in [5, 5.41) is 0. The van der Waals surface area contributed by atoms with E-state index < -0.39 is 26.8 Å². The van der Waals surface area contributed by atoms with Crippen LogP contribution in [0, 0.1) is 0 Å². The fourth-order valence-electron chi connectivity index (χ4n) is 7.78. The average molecular weight is 645 g/mol. The molecule has 2 heteroatoms. The van der Waals surface area contributed by atoms with Gasteiger partial charge in [-0.1, -0.05) is 0 Å². The molecule has 0 N–H and O–H groups in total. The summed E-state index contributed by atoms with van der Waals surface area (Å²) >= 11 is -2.09. The van der Waals surface area contributed by atoms with Crippen LogP contribution in [0.3, 0.4) is 0 Å². The van der Waals surface area contributed by atoms with E-state index in [1.54, 1.807) is 22.3 Å². The van der Waals surface area contributed by atoms with Crippen molar-refractivity contribution in [3.05, 3.63) is 129 Å². The summed E-state index contributed by atoms with van der Waals surface area (Å²) in [4.78, 5) is 0. The topological polar surface area (TPSA) is 0 Å². The van der Waals surface area contributed by atoms with Crippen molar-refractivity contribution in [2.75, 3.05) is 0 Å². The summed E-state index contributed by atoms with van der Waals surface area (Å²) in [6, 6.07) is 32.6. The third-order valence-corrected chi connectivity index (χ3v) is 31.8. The predicted molar refractivity (Wildman–Crippen MR) is 184 cm³/mol. The van der Waals surface area contributed by atoms with Crippen LogP contribution < -0.4 is 0 Å². The number of fused-ring (bicyclic) bond motifs is 2. The maximum atomic E-state index is 2.67. The van der Waals surface area contributed by atoms with Gasteiger partial charge in [0.25, 0.3) is 0 Å². The van der Waals surface area contributed by atoms with Gasteiger partial charge in [-0.05, 0) is 0 Å². The predicted octanol–water partition coefficient (Wildman–Crippen LogP) is 11.5. The minimum atomic E-state index is -2.09. The molecule has 2 unspecified atom stereocenters. The molecule has 6 rings (SSSR count). The first-order valence-corrected chi connectivity index (χ1v) is 25.8. The Morgan fingerprint density at radius 2 is 0.905 bits per heavy atom. The molecule has 0 heterocycles. The van der Waals surface area contributed by atoms with E-state index >= 15 is 0 Å². The zero-order valence-corrected chi connectivity index (χ0v) is 30.2. The quantitative estimate of drug-likeness (QED) is 0.176. The maximum absolute atomic E-state index is 2.67. The van der Waals surface area contributed by atoms with Crippen LogP contribution >= 0.6 is 0 Å². The molecule has 0 saturated carbocycles.